The second-order valence-corrected chi connectivity index (χ2v) is 22.7. The van der Waals surface area contributed by atoms with Crippen molar-refractivity contribution in [1.29, 1.82) is 0 Å². The number of carbonyl (C=O) groups is 3. The summed E-state index contributed by atoms with van der Waals surface area (Å²) in [4.78, 5) is 38.2. The highest BCUT2D eigenvalue weighted by Crippen LogP contribution is 2.17. The topological polar surface area (TPSA) is 78.9 Å². The van der Waals surface area contributed by atoms with E-state index in [0.717, 1.165) is 103 Å². The molecule has 6 nitrogen and oxygen atoms in total. The summed E-state index contributed by atoms with van der Waals surface area (Å²) < 4.78 is 16.8. The van der Waals surface area contributed by atoms with E-state index < -0.39 is 6.10 Å². The molecule has 0 rings (SSSR count). The molecule has 1 atom stereocenters. The van der Waals surface area contributed by atoms with Crippen molar-refractivity contribution < 1.29 is 28.6 Å². The Labute approximate surface area is 507 Å². The quantitative estimate of drug-likeness (QED) is 0.0261. The molecule has 0 aromatic heterocycles. The van der Waals surface area contributed by atoms with Gasteiger partial charge in [-0.25, -0.2) is 0 Å². The van der Waals surface area contributed by atoms with Crippen molar-refractivity contribution in [3.8, 4) is 0 Å². The summed E-state index contributed by atoms with van der Waals surface area (Å²) in [6, 6.07) is 0. The molecule has 0 amide bonds. The van der Waals surface area contributed by atoms with Crippen molar-refractivity contribution in [3.05, 3.63) is 122 Å². The molecule has 0 bridgehead atoms. The molecule has 0 fully saturated rings. The van der Waals surface area contributed by atoms with Crippen molar-refractivity contribution in [2.45, 2.75) is 329 Å². The van der Waals surface area contributed by atoms with Crippen LogP contribution >= 0.6 is 0 Å². The summed E-state index contributed by atoms with van der Waals surface area (Å²) in [7, 11) is 0. The third-order valence-electron chi connectivity index (χ3n) is 14.7. The first-order chi connectivity index (χ1) is 40.5. The Hall–Kier alpha value is -4.19. The van der Waals surface area contributed by atoms with Crippen LogP contribution in [0.3, 0.4) is 0 Å². The van der Waals surface area contributed by atoms with Gasteiger partial charge < -0.3 is 14.2 Å². The van der Waals surface area contributed by atoms with Crippen LogP contribution in [0.1, 0.15) is 323 Å². The summed E-state index contributed by atoms with van der Waals surface area (Å²) in [6.07, 6.45) is 96.9. The smallest absolute Gasteiger partial charge is 0.306 e. The highest BCUT2D eigenvalue weighted by Gasteiger charge is 2.19. The van der Waals surface area contributed by atoms with Crippen LogP contribution in [0, 0.1) is 0 Å². The normalized spacial score (nSPS) is 12.9. The monoisotopic (exact) mass is 1140 g/mol. The van der Waals surface area contributed by atoms with Gasteiger partial charge in [0.2, 0.25) is 0 Å². The fourth-order valence-electron chi connectivity index (χ4n) is 9.64. The van der Waals surface area contributed by atoms with Gasteiger partial charge in [-0.05, 0) is 96.3 Å². The Morgan fingerprint density at radius 1 is 0.256 bits per heavy atom. The van der Waals surface area contributed by atoms with Gasteiger partial charge in [0.25, 0.3) is 0 Å². The van der Waals surface area contributed by atoms with E-state index in [4.69, 9.17) is 14.2 Å². The molecule has 0 aliphatic rings. The number of rotatable bonds is 62. The van der Waals surface area contributed by atoms with Crippen molar-refractivity contribution in [1.82, 2.24) is 0 Å². The van der Waals surface area contributed by atoms with Gasteiger partial charge in [0, 0.05) is 19.3 Å². The molecule has 82 heavy (non-hydrogen) atoms. The Bertz CT molecular complexity index is 1690. The van der Waals surface area contributed by atoms with E-state index in [1.165, 1.54) is 173 Å². The summed E-state index contributed by atoms with van der Waals surface area (Å²) >= 11 is 0. The molecule has 0 saturated heterocycles. The fraction of sp³-hybridized carbons (Fsp3) is 0.697. The third kappa shape index (κ3) is 66.6. The van der Waals surface area contributed by atoms with Crippen LogP contribution in [-0.4, -0.2) is 37.2 Å². The molecular weight excluding hydrogens is 1010 g/mol. The first-order valence-corrected chi connectivity index (χ1v) is 34.5. The molecular formula is C76H128O6. The van der Waals surface area contributed by atoms with Crippen LogP contribution < -0.4 is 0 Å². The van der Waals surface area contributed by atoms with E-state index in [2.05, 4.69) is 136 Å². The minimum absolute atomic E-state index is 0.105. The Morgan fingerprint density at radius 3 is 0.793 bits per heavy atom. The zero-order valence-corrected chi connectivity index (χ0v) is 53.7. The van der Waals surface area contributed by atoms with Gasteiger partial charge in [-0.15, -0.1) is 0 Å². The molecule has 0 N–H and O–H groups in total. The van der Waals surface area contributed by atoms with E-state index in [0.29, 0.717) is 19.3 Å². The molecule has 0 heterocycles. The predicted octanol–water partition coefficient (Wildman–Crippen LogP) is 23.9. The minimum Gasteiger partial charge on any atom is -0.462 e. The van der Waals surface area contributed by atoms with E-state index in [-0.39, 0.29) is 37.5 Å². The van der Waals surface area contributed by atoms with Gasteiger partial charge in [-0.1, -0.05) is 328 Å². The Morgan fingerprint density at radius 2 is 0.500 bits per heavy atom. The van der Waals surface area contributed by atoms with Crippen molar-refractivity contribution in [3.63, 3.8) is 0 Å². The van der Waals surface area contributed by atoms with Crippen molar-refractivity contribution in [2.75, 3.05) is 13.2 Å². The number of esters is 3. The van der Waals surface area contributed by atoms with Gasteiger partial charge in [0.1, 0.15) is 13.2 Å². The number of ether oxygens (including phenoxy) is 3. The standard InChI is InChI=1S/C76H128O6/c1-4-7-10-13-16-19-22-24-26-28-30-31-32-33-34-35-36-37-38-39-40-41-42-43-44-45-47-48-50-52-54-57-60-63-66-69-75(78)81-72-73(71-80-74(77)68-65-62-59-56-21-18-15-12-9-6-3)82-76(79)70-67-64-61-58-55-53-51-49-46-29-27-25-23-20-17-14-11-8-5-2/h7-8,10-11,16-17,19-20,24-27,30-31,46,49,53,55,61,64,73H,4-6,9,12-15,18,21-23,28-29,32-45,47-48,50-52,54,56-60,62-63,65-72H2,1-3H3/b10-7-,11-8-,19-16-,20-17-,26-24-,27-25-,31-30-,49-46-,55-53-,64-61-. The lowest BCUT2D eigenvalue weighted by Crippen LogP contribution is -2.30. The summed E-state index contributed by atoms with van der Waals surface area (Å²) in [5.74, 6) is -0.981. The fourth-order valence-corrected chi connectivity index (χ4v) is 9.64. The SMILES string of the molecule is CC/C=C\C/C=C\C/C=C\C/C=C\C/C=C\C/C=C\CCC(=O)OC(COC(=O)CCCCCCCCCCCC)COC(=O)CCCCCCCCCCCCCCCCCCCCCCCC/C=C\C/C=C\C/C=C\C/C=C\CC. The molecule has 1 unspecified atom stereocenters. The van der Waals surface area contributed by atoms with Crippen LogP contribution in [0.4, 0.5) is 0 Å². The van der Waals surface area contributed by atoms with Crippen LogP contribution in [0.2, 0.25) is 0 Å². The van der Waals surface area contributed by atoms with E-state index in [1.54, 1.807) is 0 Å². The lowest BCUT2D eigenvalue weighted by Gasteiger charge is -2.18. The summed E-state index contributed by atoms with van der Waals surface area (Å²) in [5.41, 5.74) is 0. The lowest BCUT2D eigenvalue weighted by molar-refractivity contribution is -0.166. The zero-order valence-electron chi connectivity index (χ0n) is 53.7. The van der Waals surface area contributed by atoms with Crippen molar-refractivity contribution >= 4 is 17.9 Å². The van der Waals surface area contributed by atoms with Gasteiger partial charge in [-0.2, -0.15) is 0 Å². The number of hydrogen-bond acceptors (Lipinski definition) is 6. The average molecular weight is 1140 g/mol. The maximum Gasteiger partial charge on any atom is 0.306 e. The Kier molecular flexibility index (Phi) is 65.8. The number of allylic oxidation sites excluding steroid dienone is 20. The second kappa shape index (κ2) is 69.3. The molecule has 468 valence electrons. The molecule has 0 spiro atoms. The summed E-state index contributed by atoms with van der Waals surface area (Å²) in [6.45, 7) is 6.36. The number of unbranched alkanes of at least 4 members (excludes halogenated alkanes) is 31. The van der Waals surface area contributed by atoms with E-state index in [9.17, 15) is 14.4 Å². The minimum atomic E-state index is -0.817. The van der Waals surface area contributed by atoms with Crippen molar-refractivity contribution in [2.24, 2.45) is 0 Å². The molecule has 0 aromatic carbocycles. The number of carbonyl (C=O) groups excluding carboxylic acids is 3. The zero-order chi connectivity index (χ0) is 59.2. The highest BCUT2D eigenvalue weighted by molar-refractivity contribution is 5.71. The van der Waals surface area contributed by atoms with Gasteiger partial charge >= 0.3 is 17.9 Å². The van der Waals surface area contributed by atoms with Crippen LogP contribution in [0.15, 0.2) is 122 Å². The van der Waals surface area contributed by atoms with E-state index in [1.807, 2.05) is 6.08 Å². The first kappa shape index (κ1) is 77.8. The van der Waals surface area contributed by atoms with Gasteiger partial charge in [0.15, 0.2) is 6.10 Å². The molecule has 0 saturated carbocycles. The summed E-state index contributed by atoms with van der Waals surface area (Å²) in [5, 5.41) is 0. The van der Waals surface area contributed by atoms with Gasteiger partial charge in [-0.3, -0.25) is 14.4 Å². The Balaban J connectivity index is 4.14. The largest absolute Gasteiger partial charge is 0.462 e. The van der Waals surface area contributed by atoms with Crippen LogP contribution in [-0.2, 0) is 28.6 Å². The first-order valence-electron chi connectivity index (χ1n) is 34.5. The molecule has 0 aliphatic carbocycles. The maximum atomic E-state index is 12.9. The predicted molar refractivity (Wildman–Crippen MR) is 357 cm³/mol. The lowest BCUT2D eigenvalue weighted by atomic mass is 10.0. The molecule has 0 radical (unpaired) electrons. The number of hydrogen-bond donors (Lipinski definition) is 0. The molecule has 6 heteroatoms. The second-order valence-electron chi connectivity index (χ2n) is 22.7. The van der Waals surface area contributed by atoms with Gasteiger partial charge in [0.05, 0.1) is 0 Å². The highest BCUT2D eigenvalue weighted by atomic mass is 16.6. The van der Waals surface area contributed by atoms with Crippen LogP contribution in [0.5, 0.6) is 0 Å². The van der Waals surface area contributed by atoms with E-state index >= 15 is 0 Å². The third-order valence-corrected chi connectivity index (χ3v) is 14.7. The average Bonchev–Trinajstić information content (AvgIpc) is 3.48. The molecule has 0 aromatic rings. The maximum absolute atomic E-state index is 12.9. The van der Waals surface area contributed by atoms with Crippen LogP contribution in [0.25, 0.3) is 0 Å². The molecule has 0 aliphatic heterocycles.